The van der Waals surface area contributed by atoms with E-state index in [-0.39, 0.29) is 11.3 Å². The maximum atomic E-state index is 13.1. The average molecular weight is 484 g/mol. The van der Waals surface area contributed by atoms with Gasteiger partial charge < -0.3 is 15.0 Å². The van der Waals surface area contributed by atoms with Crippen LogP contribution in [-0.4, -0.2) is 67.3 Å². The number of hydrogen-bond acceptors (Lipinski definition) is 5. The van der Waals surface area contributed by atoms with Gasteiger partial charge in [0.25, 0.3) is 0 Å². The Morgan fingerprint density at radius 2 is 1.88 bits per heavy atom. The molecular formula is C25H30ClN5O3. The second-order valence-corrected chi connectivity index (χ2v) is 9.80. The quantitative estimate of drug-likeness (QED) is 0.657. The Balaban J connectivity index is 1.20. The lowest BCUT2D eigenvalue weighted by atomic mass is 9.94. The Labute approximate surface area is 204 Å². The van der Waals surface area contributed by atoms with Gasteiger partial charge in [0.1, 0.15) is 11.9 Å². The van der Waals surface area contributed by atoms with E-state index in [0.29, 0.717) is 23.8 Å². The highest BCUT2D eigenvalue weighted by Crippen LogP contribution is 2.49. The van der Waals surface area contributed by atoms with Crippen LogP contribution in [0.1, 0.15) is 31.2 Å². The normalized spacial score (nSPS) is 22.3. The number of carbonyl (C=O) groups excluding carboxylic acids is 2. The predicted molar refractivity (Wildman–Crippen MR) is 131 cm³/mol. The zero-order valence-electron chi connectivity index (χ0n) is 19.1. The third-order valence-corrected chi connectivity index (χ3v) is 7.21. The molecule has 2 aromatic rings. The summed E-state index contributed by atoms with van der Waals surface area (Å²) in [6, 6.07) is 10.7. The van der Waals surface area contributed by atoms with Gasteiger partial charge in [0, 0.05) is 43.5 Å². The first-order valence-electron chi connectivity index (χ1n) is 11.9. The second kappa shape index (κ2) is 9.90. The zero-order chi connectivity index (χ0) is 23.5. The Kier molecular flexibility index (Phi) is 6.72. The van der Waals surface area contributed by atoms with E-state index < -0.39 is 12.1 Å². The second-order valence-electron chi connectivity index (χ2n) is 9.36. The van der Waals surface area contributed by atoms with E-state index >= 15 is 0 Å². The van der Waals surface area contributed by atoms with Gasteiger partial charge in [0.2, 0.25) is 5.91 Å². The van der Waals surface area contributed by atoms with Crippen molar-refractivity contribution in [3.63, 3.8) is 0 Å². The first-order chi connectivity index (χ1) is 16.5. The number of benzene rings is 1. The van der Waals surface area contributed by atoms with Gasteiger partial charge in [-0.05, 0) is 55.5 Å². The van der Waals surface area contributed by atoms with Crippen molar-refractivity contribution >= 4 is 35.0 Å². The van der Waals surface area contributed by atoms with Crippen LogP contribution in [0, 0.1) is 0 Å². The zero-order valence-corrected chi connectivity index (χ0v) is 19.9. The molecule has 3 fully saturated rings. The van der Waals surface area contributed by atoms with Crippen LogP contribution in [0.5, 0.6) is 0 Å². The Morgan fingerprint density at radius 3 is 2.56 bits per heavy atom. The molecule has 0 radical (unpaired) electrons. The summed E-state index contributed by atoms with van der Waals surface area (Å²) in [5.74, 6) is 0.288. The smallest absolute Gasteiger partial charge is 0.321 e. The molecule has 2 N–H and O–H groups in total. The molecule has 1 aliphatic carbocycles. The van der Waals surface area contributed by atoms with Crippen molar-refractivity contribution in [2.75, 3.05) is 49.6 Å². The number of rotatable bonds is 6. The molecular weight excluding hydrogens is 454 g/mol. The molecule has 1 saturated carbocycles. The molecule has 180 valence electrons. The van der Waals surface area contributed by atoms with E-state index in [0.717, 1.165) is 45.0 Å². The maximum absolute atomic E-state index is 13.1. The number of nitrogens with zero attached hydrogens (tertiary/aromatic N) is 3. The van der Waals surface area contributed by atoms with Crippen LogP contribution < -0.4 is 15.5 Å². The molecule has 2 saturated heterocycles. The molecule has 8 nitrogen and oxygen atoms in total. The minimum atomic E-state index is -0.572. The third-order valence-electron chi connectivity index (χ3n) is 6.99. The number of hydrogen-bond donors (Lipinski definition) is 2. The van der Waals surface area contributed by atoms with Gasteiger partial charge in [-0.1, -0.05) is 23.7 Å². The summed E-state index contributed by atoms with van der Waals surface area (Å²) in [4.78, 5) is 33.9. The van der Waals surface area contributed by atoms with Crippen LogP contribution in [-0.2, 0) is 14.9 Å². The van der Waals surface area contributed by atoms with E-state index in [9.17, 15) is 9.59 Å². The van der Waals surface area contributed by atoms with E-state index in [4.69, 9.17) is 16.3 Å². The number of piperidine rings is 1. The Morgan fingerprint density at radius 1 is 1.12 bits per heavy atom. The summed E-state index contributed by atoms with van der Waals surface area (Å²) in [5.41, 5.74) is 2.46. The van der Waals surface area contributed by atoms with Crippen LogP contribution in [0.2, 0.25) is 5.02 Å². The Hall–Kier alpha value is -2.68. The fourth-order valence-electron chi connectivity index (χ4n) is 4.90. The van der Waals surface area contributed by atoms with Gasteiger partial charge in [0.15, 0.2) is 0 Å². The third kappa shape index (κ3) is 5.19. The number of amides is 3. The Bertz CT molecular complexity index is 1020. The highest BCUT2D eigenvalue weighted by Gasteiger charge is 2.45. The first kappa shape index (κ1) is 23.1. The molecule has 0 unspecified atom stereocenters. The van der Waals surface area contributed by atoms with E-state index in [1.807, 2.05) is 12.1 Å². The molecule has 3 aliphatic rings. The van der Waals surface area contributed by atoms with Crippen molar-refractivity contribution in [2.45, 2.75) is 37.1 Å². The van der Waals surface area contributed by atoms with Crippen molar-refractivity contribution < 1.29 is 14.3 Å². The average Bonchev–Trinajstić information content (AvgIpc) is 3.63. The van der Waals surface area contributed by atoms with Crippen LogP contribution in [0.3, 0.4) is 0 Å². The fourth-order valence-corrected chi connectivity index (χ4v) is 5.01. The summed E-state index contributed by atoms with van der Waals surface area (Å²) in [6.45, 7) is 5.35. The van der Waals surface area contributed by atoms with Gasteiger partial charge in [-0.25, -0.2) is 9.78 Å². The number of nitrogens with one attached hydrogen (secondary N) is 2. The van der Waals surface area contributed by atoms with E-state index in [2.05, 4.69) is 32.7 Å². The van der Waals surface area contributed by atoms with Crippen LogP contribution >= 0.6 is 11.6 Å². The van der Waals surface area contributed by atoms with Crippen LogP contribution in [0.25, 0.3) is 0 Å². The minimum Gasteiger partial charge on any atom is -0.379 e. The largest absolute Gasteiger partial charge is 0.379 e. The fraction of sp³-hybridized carbons (Fsp3) is 0.480. The summed E-state index contributed by atoms with van der Waals surface area (Å²) in [7, 11) is 0. The van der Waals surface area contributed by atoms with Crippen LogP contribution in [0.15, 0.2) is 42.6 Å². The van der Waals surface area contributed by atoms with Crippen molar-refractivity contribution in [1.82, 2.24) is 15.2 Å². The molecule has 1 aromatic heterocycles. The van der Waals surface area contributed by atoms with Gasteiger partial charge in [-0.2, -0.15) is 0 Å². The molecule has 0 spiro atoms. The van der Waals surface area contributed by atoms with E-state index in [1.54, 1.807) is 17.0 Å². The summed E-state index contributed by atoms with van der Waals surface area (Å²) >= 11 is 5.83. The highest BCUT2D eigenvalue weighted by molar-refractivity contribution is 6.30. The molecule has 34 heavy (non-hydrogen) atoms. The van der Waals surface area contributed by atoms with E-state index in [1.165, 1.54) is 24.6 Å². The summed E-state index contributed by atoms with van der Waals surface area (Å²) in [6.07, 6.45) is 5.29. The first-order valence-corrected chi connectivity index (χ1v) is 12.3. The number of carbonyl (C=O) groups is 2. The predicted octanol–water partition coefficient (Wildman–Crippen LogP) is 3.42. The van der Waals surface area contributed by atoms with Crippen molar-refractivity contribution in [2.24, 2.45) is 0 Å². The molecule has 3 heterocycles. The lowest BCUT2D eigenvalue weighted by Crippen LogP contribution is -2.53. The van der Waals surface area contributed by atoms with Gasteiger partial charge >= 0.3 is 6.03 Å². The van der Waals surface area contributed by atoms with Crippen LogP contribution in [0.4, 0.5) is 16.3 Å². The number of pyridine rings is 1. The molecule has 5 rings (SSSR count). The monoisotopic (exact) mass is 483 g/mol. The van der Waals surface area contributed by atoms with Gasteiger partial charge in [0.05, 0.1) is 18.2 Å². The minimum absolute atomic E-state index is 0.0901. The molecule has 0 bridgehead atoms. The SMILES string of the molecule is O=C(Nc1ccc(Cl)cn1)N[C@@H]1CCCN(c2ccc(C3(CN4CCOCC4)CC3)cc2)C1=O. The summed E-state index contributed by atoms with van der Waals surface area (Å²) in [5, 5.41) is 5.94. The number of anilines is 2. The lowest BCUT2D eigenvalue weighted by Gasteiger charge is -2.33. The lowest BCUT2D eigenvalue weighted by molar-refractivity contribution is -0.121. The van der Waals surface area contributed by atoms with Crippen molar-refractivity contribution in [3.8, 4) is 0 Å². The topological polar surface area (TPSA) is 86.8 Å². The maximum Gasteiger partial charge on any atom is 0.321 e. The number of urea groups is 1. The molecule has 3 amide bonds. The number of ether oxygens (including phenoxy) is 1. The number of morpholine rings is 1. The molecule has 1 atom stereocenters. The van der Waals surface area contributed by atoms with Gasteiger partial charge in [-0.3, -0.25) is 15.0 Å². The van der Waals surface area contributed by atoms with Crippen molar-refractivity contribution in [1.29, 1.82) is 0 Å². The molecule has 1 aromatic carbocycles. The van der Waals surface area contributed by atoms with Crippen molar-refractivity contribution in [3.05, 3.63) is 53.2 Å². The number of aromatic nitrogens is 1. The van der Waals surface area contributed by atoms with Gasteiger partial charge in [-0.15, -0.1) is 0 Å². The number of halogens is 1. The molecule has 2 aliphatic heterocycles. The molecule has 9 heteroatoms. The highest BCUT2D eigenvalue weighted by atomic mass is 35.5. The summed E-state index contributed by atoms with van der Waals surface area (Å²) < 4.78 is 5.48. The standard InChI is InChI=1S/C25H30ClN5O3/c26-19-5-8-22(27-16-19)29-24(33)28-21-2-1-11-31(23(21)32)20-6-3-18(4-7-20)25(9-10-25)17-30-12-14-34-15-13-30/h3-8,16,21H,1-2,9-15,17H2,(H2,27,28,29,33)/t21-/m1/s1.